The molecular formula is C42H38Cl2FN3O4. The topological polar surface area (TPSA) is 64.1 Å². The number of rotatable bonds is 13. The van der Waals surface area contributed by atoms with Crippen LogP contribution in [-0.2, 0) is 17.9 Å². The van der Waals surface area contributed by atoms with Crippen molar-refractivity contribution in [3.8, 4) is 23.1 Å². The summed E-state index contributed by atoms with van der Waals surface area (Å²) in [5.41, 5.74) is 4.79. The third-order valence-electron chi connectivity index (χ3n) is 8.48. The zero-order valence-corrected chi connectivity index (χ0v) is 30.2. The van der Waals surface area contributed by atoms with E-state index in [1.807, 2.05) is 54.3 Å². The first-order chi connectivity index (χ1) is 25.3. The lowest BCUT2D eigenvalue weighted by Gasteiger charge is -2.34. The molecule has 0 unspecified atom stereocenters. The molecule has 4 aromatic carbocycles. The van der Waals surface area contributed by atoms with E-state index in [4.69, 9.17) is 37.4 Å². The molecule has 0 saturated carbocycles. The lowest BCUT2D eigenvalue weighted by molar-refractivity contribution is -0.127. The number of aryl methyl sites for hydroxylation is 1. The summed E-state index contributed by atoms with van der Waals surface area (Å²) in [4.78, 5) is 21.6. The van der Waals surface area contributed by atoms with E-state index in [1.165, 1.54) is 17.7 Å². The van der Waals surface area contributed by atoms with Gasteiger partial charge >= 0.3 is 0 Å². The maximum absolute atomic E-state index is 13.0. The molecule has 1 aromatic heterocycles. The van der Waals surface area contributed by atoms with Crippen molar-refractivity contribution in [1.29, 1.82) is 0 Å². The summed E-state index contributed by atoms with van der Waals surface area (Å²) < 4.78 is 30.5. The maximum Gasteiger partial charge on any atom is 0.246 e. The van der Waals surface area contributed by atoms with Gasteiger partial charge in [-0.1, -0.05) is 71.7 Å². The van der Waals surface area contributed by atoms with Crippen LogP contribution < -0.4 is 14.2 Å². The Morgan fingerprint density at radius 1 is 0.827 bits per heavy atom. The minimum absolute atomic E-state index is 0.0330. The number of hydrogen-bond donors (Lipinski definition) is 0. The van der Waals surface area contributed by atoms with Gasteiger partial charge in [-0.25, -0.2) is 9.37 Å². The van der Waals surface area contributed by atoms with E-state index in [-0.39, 0.29) is 11.7 Å². The summed E-state index contributed by atoms with van der Waals surface area (Å²) in [6, 6.07) is 29.1. The molecule has 0 atom stereocenters. The molecule has 1 saturated heterocycles. The Hall–Kier alpha value is -5.15. The van der Waals surface area contributed by atoms with Crippen LogP contribution in [0.5, 0.6) is 23.1 Å². The molecule has 10 heteroatoms. The molecule has 0 aliphatic carbocycles. The van der Waals surface area contributed by atoms with Crippen LogP contribution >= 0.6 is 23.2 Å². The van der Waals surface area contributed by atoms with Gasteiger partial charge in [0.2, 0.25) is 11.8 Å². The fraction of sp³-hybridized carbons (Fsp3) is 0.190. The highest BCUT2D eigenvalue weighted by Crippen LogP contribution is 2.34. The average Bonchev–Trinajstić information content (AvgIpc) is 3.16. The fourth-order valence-corrected chi connectivity index (χ4v) is 6.13. The van der Waals surface area contributed by atoms with Crippen molar-refractivity contribution in [1.82, 2.24) is 14.8 Å². The van der Waals surface area contributed by atoms with Crippen molar-refractivity contribution in [2.24, 2.45) is 0 Å². The molecule has 1 fully saturated rings. The minimum Gasteiger partial charge on any atom is -0.490 e. The van der Waals surface area contributed by atoms with Gasteiger partial charge in [0.05, 0.1) is 11.2 Å². The summed E-state index contributed by atoms with van der Waals surface area (Å²) in [5.74, 6) is 1.78. The summed E-state index contributed by atoms with van der Waals surface area (Å²) in [6.07, 6.45) is 8.91. The summed E-state index contributed by atoms with van der Waals surface area (Å²) in [5, 5.41) is 1.07. The van der Waals surface area contributed by atoms with Gasteiger partial charge in [0.25, 0.3) is 0 Å². The van der Waals surface area contributed by atoms with E-state index in [9.17, 15) is 9.18 Å². The Morgan fingerprint density at radius 3 is 2.29 bits per heavy atom. The smallest absolute Gasteiger partial charge is 0.246 e. The van der Waals surface area contributed by atoms with Crippen molar-refractivity contribution in [2.75, 3.05) is 32.8 Å². The Morgan fingerprint density at radius 2 is 1.58 bits per heavy atom. The molecule has 0 spiro atoms. The highest BCUT2D eigenvalue weighted by molar-refractivity contribution is 6.32. The van der Waals surface area contributed by atoms with Gasteiger partial charge < -0.3 is 19.1 Å². The Balaban J connectivity index is 0.934. The lowest BCUT2D eigenvalue weighted by Crippen LogP contribution is -2.47. The van der Waals surface area contributed by atoms with Gasteiger partial charge in [-0.3, -0.25) is 9.69 Å². The predicted molar refractivity (Wildman–Crippen MR) is 205 cm³/mol. The number of ether oxygens (including phenoxy) is 3. The highest BCUT2D eigenvalue weighted by atomic mass is 35.5. The Labute approximate surface area is 313 Å². The number of nitrogens with zero attached hydrogens (tertiary/aromatic N) is 3. The number of halogens is 3. The molecule has 0 radical (unpaired) electrons. The summed E-state index contributed by atoms with van der Waals surface area (Å²) >= 11 is 12.8. The zero-order valence-electron chi connectivity index (χ0n) is 28.7. The van der Waals surface area contributed by atoms with E-state index >= 15 is 0 Å². The predicted octanol–water partition coefficient (Wildman–Crippen LogP) is 9.66. The van der Waals surface area contributed by atoms with Gasteiger partial charge in [-0.2, -0.15) is 0 Å². The molecule has 1 aliphatic heterocycles. The van der Waals surface area contributed by atoms with Crippen LogP contribution in [-0.4, -0.2) is 53.5 Å². The van der Waals surface area contributed by atoms with Crippen LogP contribution in [0.25, 0.3) is 12.2 Å². The lowest BCUT2D eigenvalue weighted by atomic mass is 10.1. The Bertz CT molecular complexity index is 1990. The monoisotopic (exact) mass is 737 g/mol. The average molecular weight is 739 g/mol. The van der Waals surface area contributed by atoms with Gasteiger partial charge in [0.1, 0.15) is 30.5 Å². The number of pyridine rings is 1. The molecule has 52 heavy (non-hydrogen) atoms. The number of hydrogen-bond acceptors (Lipinski definition) is 6. The quantitative estimate of drug-likeness (QED) is 0.112. The first kappa shape index (κ1) is 36.6. The van der Waals surface area contributed by atoms with Crippen LogP contribution in [0.15, 0.2) is 115 Å². The molecule has 1 aliphatic rings. The highest BCUT2D eigenvalue weighted by Gasteiger charge is 2.20. The third kappa shape index (κ3) is 10.4. The zero-order chi connectivity index (χ0) is 36.3. The van der Waals surface area contributed by atoms with Gasteiger partial charge in [0.15, 0.2) is 5.75 Å². The van der Waals surface area contributed by atoms with Crippen LogP contribution in [0.4, 0.5) is 4.39 Å². The normalized spacial score (nSPS) is 13.5. The molecule has 266 valence electrons. The minimum atomic E-state index is -0.283. The second-order valence-corrected chi connectivity index (χ2v) is 13.1. The van der Waals surface area contributed by atoms with Crippen LogP contribution in [0.2, 0.25) is 10.0 Å². The van der Waals surface area contributed by atoms with Crippen LogP contribution in [0.3, 0.4) is 0 Å². The van der Waals surface area contributed by atoms with Crippen molar-refractivity contribution in [3.63, 3.8) is 0 Å². The molecule has 0 N–H and O–H groups in total. The third-order valence-corrected chi connectivity index (χ3v) is 9.13. The maximum atomic E-state index is 13.0. The number of carbonyl (C=O) groups is 1. The standard InChI is InChI=1S/C42H38Cl2FN3O4/c1-30-25-33(26-39(44)42(30)52-40-18-17-37(27-46-40)51-29-34-6-2-3-7-38(34)43)12-19-41(49)48-22-20-47(21-23-48)28-32-10-8-31(9-11-32)5-4-24-50-36-15-13-35(45)14-16-36/h2-19,25-27H,20-24,28-29H2,1H3/b5-4+,19-12+. The molecule has 6 rings (SSSR count). The molecule has 5 aromatic rings. The van der Waals surface area contributed by atoms with E-state index in [2.05, 4.69) is 34.1 Å². The van der Waals surface area contributed by atoms with Crippen molar-refractivity contribution in [2.45, 2.75) is 20.1 Å². The second kappa shape index (κ2) is 17.9. The number of amides is 1. The van der Waals surface area contributed by atoms with Crippen LogP contribution in [0.1, 0.15) is 27.8 Å². The first-order valence-corrected chi connectivity index (χ1v) is 17.7. The largest absolute Gasteiger partial charge is 0.490 e. The fourth-order valence-electron chi connectivity index (χ4n) is 5.63. The number of aromatic nitrogens is 1. The molecule has 2 heterocycles. The van der Waals surface area contributed by atoms with Crippen molar-refractivity contribution < 1.29 is 23.4 Å². The summed E-state index contributed by atoms with van der Waals surface area (Å²) in [6.45, 7) is 6.34. The first-order valence-electron chi connectivity index (χ1n) is 16.9. The molecule has 1 amide bonds. The van der Waals surface area contributed by atoms with E-state index in [1.54, 1.807) is 48.7 Å². The molecule has 0 bridgehead atoms. The van der Waals surface area contributed by atoms with Gasteiger partial charge in [-0.15, -0.1) is 0 Å². The van der Waals surface area contributed by atoms with Crippen molar-refractivity contribution >= 4 is 41.3 Å². The van der Waals surface area contributed by atoms with E-state index < -0.39 is 0 Å². The van der Waals surface area contributed by atoms with E-state index in [0.717, 1.165) is 41.9 Å². The SMILES string of the molecule is Cc1cc(/C=C/C(=O)N2CCN(Cc3ccc(/C=C/COc4ccc(F)cc4)cc3)CC2)cc(Cl)c1Oc1ccc(OCc2ccccc2Cl)cn1. The van der Waals surface area contributed by atoms with E-state index in [0.29, 0.717) is 59.5 Å². The summed E-state index contributed by atoms with van der Waals surface area (Å²) in [7, 11) is 0. The number of piperazine rings is 1. The molecule has 7 nitrogen and oxygen atoms in total. The van der Waals surface area contributed by atoms with Gasteiger partial charge in [0, 0.05) is 55.5 Å². The number of carbonyl (C=O) groups excluding carboxylic acids is 1. The van der Waals surface area contributed by atoms with Crippen LogP contribution in [0, 0.1) is 12.7 Å². The Kier molecular flexibility index (Phi) is 12.6. The van der Waals surface area contributed by atoms with Gasteiger partial charge in [-0.05, 0) is 89.9 Å². The second-order valence-electron chi connectivity index (χ2n) is 12.3. The number of benzene rings is 4. The van der Waals surface area contributed by atoms with Crippen molar-refractivity contribution in [3.05, 3.63) is 159 Å². The molecular weight excluding hydrogens is 700 g/mol.